The Balaban J connectivity index is 2.25. The van der Waals surface area contributed by atoms with Crippen molar-refractivity contribution in [1.29, 1.82) is 0 Å². The third-order valence-electron chi connectivity index (χ3n) is 4.11. The number of hydrogen-bond donors (Lipinski definition) is 2. The number of aromatic nitrogens is 2. The van der Waals surface area contributed by atoms with Gasteiger partial charge in [0.15, 0.2) is 0 Å². The Morgan fingerprint density at radius 1 is 1.17 bits per heavy atom. The summed E-state index contributed by atoms with van der Waals surface area (Å²) in [7, 11) is 0. The monoisotopic (exact) mass is 437 g/mol. The zero-order valence-electron chi connectivity index (χ0n) is 15.5. The minimum absolute atomic E-state index is 0.0170. The van der Waals surface area contributed by atoms with E-state index in [2.05, 4.69) is 10.4 Å². The Morgan fingerprint density at radius 2 is 1.83 bits per heavy atom. The first-order valence-electron chi connectivity index (χ1n) is 8.67. The second kappa shape index (κ2) is 8.68. The van der Waals surface area contributed by atoms with Crippen LogP contribution in [0.2, 0.25) is 5.02 Å². The molecule has 0 aliphatic rings. The number of aliphatic hydroxyl groups is 1. The van der Waals surface area contributed by atoms with E-state index in [0.717, 1.165) is 24.3 Å². The number of aliphatic hydroxyl groups excluding tert-OH is 1. The minimum Gasteiger partial charge on any atom is -0.394 e. The van der Waals surface area contributed by atoms with Crippen LogP contribution in [0.4, 0.5) is 13.2 Å². The fraction of sp³-hybridized carbons (Fsp3) is 0.150. The number of carbonyl (C=O) groups excluding carboxylic acids is 1. The molecular formula is C20H15ClF3N3O3. The SMILES string of the molecule is C[C@@H](CO)NC(=O)c1cc(-c2ccc(Cl)c(F)c2)nn(-c2cc(F)cc(F)c2)c1=O. The Morgan fingerprint density at radius 3 is 2.43 bits per heavy atom. The molecule has 1 heterocycles. The van der Waals surface area contributed by atoms with Crippen LogP contribution in [0, 0.1) is 17.5 Å². The number of carbonyl (C=O) groups is 1. The zero-order valence-corrected chi connectivity index (χ0v) is 16.3. The van der Waals surface area contributed by atoms with E-state index < -0.39 is 40.5 Å². The highest BCUT2D eigenvalue weighted by atomic mass is 35.5. The summed E-state index contributed by atoms with van der Waals surface area (Å²) in [6.07, 6.45) is 0. The van der Waals surface area contributed by atoms with E-state index in [0.29, 0.717) is 10.7 Å². The molecule has 6 nitrogen and oxygen atoms in total. The molecule has 0 spiro atoms. The summed E-state index contributed by atoms with van der Waals surface area (Å²) in [5.41, 5.74) is -1.48. The van der Waals surface area contributed by atoms with E-state index in [-0.39, 0.29) is 28.6 Å². The van der Waals surface area contributed by atoms with Crippen LogP contribution in [0.1, 0.15) is 17.3 Å². The van der Waals surface area contributed by atoms with Crippen molar-refractivity contribution in [3.8, 4) is 16.9 Å². The number of nitrogens with zero attached hydrogens (tertiary/aromatic N) is 2. The van der Waals surface area contributed by atoms with Gasteiger partial charge < -0.3 is 10.4 Å². The average molecular weight is 438 g/mol. The highest BCUT2D eigenvalue weighted by molar-refractivity contribution is 6.30. The molecule has 0 unspecified atom stereocenters. The normalized spacial score (nSPS) is 11.9. The first kappa shape index (κ1) is 21.5. The molecule has 3 rings (SSSR count). The molecule has 1 atom stereocenters. The van der Waals surface area contributed by atoms with Gasteiger partial charge in [-0.25, -0.2) is 13.2 Å². The van der Waals surface area contributed by atoms with Crippen LogP contribution in [0.3, 0.4) is 0 Å². The molecular weight excluding hydrogens is 423 g/mol. The molecule has 0 aliphatic carbocycles. The van der Waals surface area contributed by atoms with Gasteiger partial charge in [0.25, 0.3) is 11.5 Å². The molecule has 1 aromatic heterocycles. The van der Waals surface area contributed by atoms with Gasteiger partial charge in [-0.3, -0.25) is 9.59 Å². The number of hydrogen-bond acceptors (Lipinski definition) is 4. The molecule has 1 amide bonds. The molecule has 0 saturated heterocycles. The second-order valence-electron chi connectivity index (χ2n) is 6.47. The lowest BCUT2D eigenvalue weighted by Gasteiger charge is -2.14. The molecule has 0 fully saturated rings. The quantitative estimate of drug-likeness (QED) is 0.642. The van der Waals surface area contributed by atoms with E-state index in [1.807, 2.05) is 0 Å². The van der Waals surface area contributed by atoms with Crippen molar-refractivity contribution in [1.82, 2.24) is 15.1 Å². The molecule has 3 aromatic rings. The molecule has 2 aromatic carbocycles. The fourth-order valence-corrected chi connectivity index (χ4v) is 2.76. The van der Waals surface area contributed by atoms with Crippen molar-refractivity contribution < 1.29 is 23.1 Å². The van der Waals surface area contributed by atoms with Gasteiger partial charge in [0, 0.05) is 17.7 Å². The molecule has 0 aliphatic heterocycles. The van der Waals surface area contributed by atoms with Crippen LogP contribution in [-0.2, 0) is 0 Å². The van der Waals surface area contributed by atoms with Gasteiger partial charge in [-0.15, -0.1) is 0 Å². The zero-order chi connectivity index (χ0) is 22.0. The maximum Gasteiger partial charge on any atom is 0.284 e. The van der Waals surface area contributed by atoms with Gasteiger partial charge in [-0.1, -0.05) is 17.7 Å². The van der Waals surface area contributed by atoms with Gasteiger partial charge in [-0.05, 0) is 37.3 Å². The first-order valence-corrected chi connectivity index (χ1v) is 9.05. The van der Waals surface area contributed by atoms with E-state index >= 15 is 0 Å². The van der Waals surface area contributed by atoms with E-state index in [9.17, 15) is 22.8 Å². The van der Waals surface area contributed by atoms with E-state index in [1.54, 1.807) is 0 Å². The summed E-state index contributed by atoms with van der Waals surface area (Å²) in [5.74, 6) is -3.52. The van der Waals surface area contributed by atoms with E-state index in [1.165, 1.54) is 19.1 Å². The molecule has 2 N–H and O–H groups in total. The lowest BCUT2D eigenvalue weighted by molar-refractivity contribution is 0.0920. The second-order valence-corrected chi connectivity index (χ2v) is 6.88. The summed E-state index contributed by atoms with van der Waals surface area (Å²) in [5, 5.41) is 15.4. The molecule has 0 bridgehead atoms. The smallest absolute Gasteiger partial charge is 0.284 e. The van der Waals surface area contributed by atoms with Crippen molar-refractivity contribution in [2.24, 2.45) is 0 Å². The molecule has 0 radical (unpaired) electrons. The van der Waals surface area contributed by atoms with Crippen LogP contribution in [0.15, 0.2) is 47.3 Å². The highest BCUT2D eigenvalue weighted by Crippen LogP contribution is 2.23. The Labute approximate surface area is 173 Å². The highest BCUT2D eigenvalue weighted by Gasteiger charge is 2.20. The third-order valence-corrected chi connectivity index (χ3v) is 4.42. The van der Waals surface area contributed by atoms with Gasteiger partial charge in [-0.2, -0.15) is 9.78 Å². The van der Waals surface area contributed by atoms with Crippen molar-refractivity contribution in [2.45, 2.75) is 13.0 Å². The van der Waals surface area contributed by atoms with Gasteiger partial charge in [0.2, 0.25) is 0 Å². The van der Waals surface area contributed by atoms with Crippen molar-refractivity contribution in [2.75, 3.05) is 6.61 Å². The number of nitrogens with one attached hydrogen (secondary N) is 1. The first-order chi connectivity index (χ1) is 14.2. The largest absolute Gasteiger partial charge is 0.394 e. The Kier molecular flexibility index (Phi) is 6.23. The molecule has 30 heavy (non-hydrogen) atoms. The molecule has 10 heteroatoms. The summed E-state index contributed by atoms with van der Waals surface area (Å²) >= 11 is 5.69. The van der Waals surface area contributed by atoms with Crippen LogP contribution >= 0.6 is 11.6 Å². The Bertz CT molecular complexity index is 1160. The van der Waals surface area contributed by atoms with Crippen LogP contribution in [0.25, 0.3) is 16.9 Å². The summed E-state index contributed by atoms with van der Waals surface area (Å²) < 4.78 is 41.9. The summed E-state index contributed by atoms with van der Waals surface area (Å²) in [4.78, 5) is 25.4. The van der Waals surface area contributed by atoms with Crippen molar-refractivity contribution >= 4 is 17.5 Å². The topological polar surface area (TPSA) is 84.2 Å². The standard InChI is InChI=1S/C20H15ClF3N3O3/c1-10(9-28)25-19(29)15-8-18(11-2-3-16(21)17(24)4-11)26-27(20(15)30)14-6-12(22)5-13(23)7-14/h2-8,10,28H,9H2,1H3,(H,25,29)/t10-/m0/s1. The predicted octanol–water partition coefficient (Wildman–Crippen LogP) is 3.08. The van der Waals surface area contributed by atoms with Crippen molar-refractivity contribution in [3.63, 3.8) is 0 Å². The Hall–Kier alpha value is -3.17. The van der Waals surface area contributed by atoms with Gasteiger partial charge >= 0.3 is 0 Å². The number of amides is 1. The minimum atomic E-state index is -0.958. The maximum atomic E-state index is 13.9. The van der Waals surface area contributed by atoms with Crippen molar-refractivity contribution in [3.05, 3.63) is 80.9 Å². The average Bonchev–Trinajstić information content (AvgIpc) is 2.69. The third kappa shape index (κ3) is 4.52. The number of rotatable bonds is 5. The molecule has 156 valence electrons. The molecule has 0 saturated carbocycles. The lowest BCUT2D eigenvalue weighted by Crippen LogP contribution is -2.39. The number of benzene rings is 2. The van der Waals surface area contributed by atoms with Crippen LogP contribution in [-0.4, -0.2) is 33.4 Å². The van der Waals surface area contributed by atoms with Crippen LogP contribution < -0.4 is 10.9 Å². The maximum absolute atomic E-state index is 13.9. The van der Waals surface area contributed by atoms with Gasteiger partial charge in [0.1, 0.15) is 23.0 Å². The summed E-state index contributed by atoms with van der Waals surface area (Å²) in [6, 6.07) is 6.51. The van der Waals surface area contributed by atoms with E-state index in [4.69, 9.17) is 16.7 Å². The summed E-state index contributed by atoms with van der Waals surface area (Å²) in [6.45, 7) is 1.13. The fourth-order valence-electron chi connectivity index (χ4n) is 2.64. The number of halogens is 4. The lowest BCUT2D eigenvalue weighted by atomic mass is 10.1. The predicted molar refractivity (Wildman–Crippen MR) is 104 cm³/mol. The van der Waals surface area contributed by atoms with Crippen LogP contribution in [0.5, 0.6) is 0 Å². The van der Waals surface area contributed by atoms with Gasteiger partial charge in [0.05, 0.1) is 23.0 Å².